The molecule has 1 heterocycles. The van der Waals surface area contributed by atoms with Crippen LogP contribution in [0.15, 0.2) is 47.1 Å². The smallest absolute Gasteiger partial charge is 0.359 e. The van der Waals surface area contributed by atoms with Gasteiger partial charge in [-0.25, -0.2) is 4.42 Å². The molecule has 2 rings (SSSR count). The van der Waals surface area contributed by atoms with Crippen molar-refractivity contribution in [3.05, 3.63) is 49.2 Å². The van der Waals surface area contributed by atoms with Crippen LogP contribution < -0.4 is 0 Å². The molecule has 0 fully saturated rings. The highest BCUT2D eigenvalue weighted by Gasteiger charge is 1.99. The van der Waals surface area contributed by atoms with E-state index in [0.29, 0.717) is 0 Å². The summed E-state index contributed by atoms with van der Waals surface area (Å²) in [4.78, 5) is 0. The van der Waals surface area contributed by atoms with Crippen molar-refractivity contribution >= 4 is 11.0 Å². The molecule has 0 atom stereocenters. The molecule has 1 aromatic carbocycles. The Morgan fingerprint density at radius 3 is 2.42 bits per heavy atom. The minimum Gasteiger partial charge on any atom is -0.512 e. The summed E-state index contributed by atoms with van der Waals surface area (Å²) in [5.74, 6) is 0. The van der Waals surface area contributed by atoms with Crippen molar-refractivity contribution in [3.8, 4) is 0 Å². The Balaban J connectivity index is 0.000000336. The lowest BCUT2D eigenvalue weighted by Gasteiger charge is -1.81. The van der Waals surface area contributed by atoms with E-state index in [2.05, 4.69) is 0 Å². The highest BCUT2D eigenvalue weighted by molar-refractivity contribution is 5.75. The number of benzene rings is 1. The fourth-order valence-corrected chi connectivity index (χ4v) is 0.981. The molecule has 2 aromatic rings. The van der Waals surface area contributed by atoms with Gasteiger partial charge in [0.2, 0.25) is 0 Å². The van der Waals surface area contributed by atoms with Gasteiger partial charge in [0.05, 0.1) is 5.39 Å². The van der Waals surface area contributed by atoms with Crippen LogP contribution in [0.5, 0.6) is 0 Å². The van der Waals surface area contributed by atoms with Gasteiger partial charge in [0.15, 0.2) is 0 Å². The number of para-hydroxylation sites is 1. The Morgan fingerprint density at radius 1 is 1.00 bits per heavy atom. The van der Waals surface area contributed by atoms with Gasteiger partial charge in [-0.2, -0.15) is 0 Å². The van der Waals surface area contributed by atoms with E-state index < -0.39 is 0 Å². The summed E-state index contributed by atoms with van der Waals surface area (Å²) in [6.07, 6.45) is 1.68. The Kier molecular flexibility index (Phi) is 2.80. The Morgan fingerprint density at radius 2 is 1.67 bits per heavy atom. The van der Waals surface area contributed by atoms with Crippen molar-refractivity contribution in [1.82, 2.24) is 0 Å². The van der Waals surface area contributed by atoms with Crippen LogP contribution in [0.25, 0.3) is 11.0 Å². The molecular formula is C10H7NO. The number of hydrogen-bond acceptors (Lipinski definition) is 1. The van der Waals surface area contributed by atoms with Crippen molar-refractivity contribution in [1.29, 1.82) is 5.26 Å². The molecule has 0 radical (unpaired) electrons. The second kappa shape index (κ2) is 4.09. The van der Waals surface area contributed by atoms with E-state index in [0.717, 1.165) is 11.0 Å². The zero-order valence-electron chi connectivity index (χ0n) is 6.40. The predicted molar refractivity (Wildman–Crippen MR) is 45.6 cm³/mol. The van der Waals surface area contributed by atoms with Gasteiger partial charge in [-0.15, -0.1) is 0 Å². The summed E-state index contributed by atoms with van der Waals surface area (Å²) in [5.41, 5.74) is 0.935. The summed E-state index contributed by atoms with van der Waals surface area (Å²) in [6.45, 7) is 4.75. The van der Waals surface area contributed by atoms with Gasteiger partial charge in [0.25, 0.3) is 0 Å². The average Bonchev–Trinajstić information content (AvgIpc) is 2.21. The molecule has 0 aliphatic rings. The van der Waals surface area contributed by atoms with Crippen molar-refractivity contribution in [2.45, 2.75) is 0 Å². The van der Waals surface area contributed by atoms with E-state index in [4.69, 9.17) is 16.3 Å². The van der Waals surface area contributed by atoms with E-state index in [1.165, 1.54) is 0 Å². The first-order chi connectivity index (χ1) is 5.97. The van der Waals surface area contributed by atoms with E-state index in [9.17, 15) is 0 Å². The Hall–Kier alpha value is -1.88. The lowest BCUT2D eigenvalue weighted by atomic mass is 10.2. The van der Waals surface area contributed by atoms with Crippen LogP contribution in [0.4, 0.5) is 0 Å². The second-order valence-corrected chi connectivity index (χ2v) is 2.15. The molecule has 12 heavy (non-hydrogen) atoms. The SMILES string of the molecule is [C-]#N.c1ccc2[o+]cccc2c1. The van der Waals surface area contributed by atoms with Crippen LogP contribution in [0.3, 0.4) is 0 Å². The largest absolute Gasteiger partial charge is 0.512 e. The van der Waals surface area contributed by atoms with Gasteiger partial charge in [0, 0.05) is 12.1 Å². The summed E-state index contributed by atoms with van der Waals surface area (Å²) in [5, 5.41) is 7.39. The molecule has 58 valence electrons. The molecule has 1 aromatic heterocycles. The molecule has 0 amide bonds. The minimum atomic E-state index is 0.935. The van der Waals surface area contributed by atoms with E-state index in [1.807, 2.05) is 36.4 Å². The maximum absolute atomic E-state index is 6.25. The average molecular weight is 157 g/mol. The number of fused-ring (bicyclic) bond motifs is 1. The minimum absolute atomic E-state index is 0.935. The Labute approximate surface area is 70.7 Å². The molecule has 0 aliphatic heterocycles. The van der Waals surface area contributed by atoms with Crippen LogP contribution in [0, 0.1) is 11.8 Å². The third kappa shape index (κ3) is 1.58. The first-order valence-electron chi connectivity index (χ1n) is 3.45. The fraction of sp³-hybridized carbons (Fsp3) is 0. The summed E-state index contributed by atoms with van der Waals surface area (Å²) < 4.78 is 5.21. The van der Waals surface area contributed by atoms with Crippen molar-refractivity contribution in [2.75, 3.05) is 0 Å². The zero-order valence-corrected chi connectivity index (χ0v) is 6.40. The molecule has 0 N–H and O–H groups in total. The van der Waals surface area contributed by atoms with Crippen molar-refractivity contribution in [2.24, 2.45) is 0 Å². The molecule has 2 heteroatoms. The van der Waals surface area contributed by atoms with Gasteiger partial charge in [0.1, 0.15) is 0 Å². The maximum atomic E-state index is 6.25. The van der Waals surface area contributed by atoms with Crippen molar-refractivity contribution < 1.29 is 4.42 Å². The normalized spacial score (nSPS) is 8.50. The highest BCUT2D eigenvalue weighted by Crippen LogP contribution is 2.11. The van der Waals surface area contributed by atoms with Gasteiger partial charge in [-0.3, -0.25) is 0 Å². The fourth-order valence-electron chi connectivity index (χ4n) is 0.981. The molecule has 0 unspecified atom stereocenters. The third-order valence-electron chi connectivity index (χ3n) is 1.47. The van der Waals surface area contributed by atoms with Gasteiger partial charge < -0.3 is 11.8 Å². The molecule has 0 saturated carbocycles. The molecule has 2 nitrogen and oxygen atoms in total. The van der Waals surface area contributed by atoms with Crippen LogP contribution in [-0.2, 0) is 0 Å². The molecular weight excluding hydrogens is 150 g/mol. The second-order valence-electron chi connectivity index (χ2n) is 2.15. The monoisotopic (exact) mass is 157 g/mol. The quantitative estimate of drug-likeness (QED) is 0.435. The summed E-state index contributed by atoms with van der Waals surface area (Å²) in [6, 6.07) is 11.9. The third-order valence-corrected chi connectivity index (χ3v) is 1.47. The highest BCUT2D eigenvalue weighted by atomic mass is 16.3. The number of rotatable bonds is 0. The summed E-state index contributed by atoms with van der Waals surface area (Å²) in [7, 11) is 0. The van der Waals surface area contributed by atoms with Gasteiger partial charge in [-0.1, -0.05) is 12.1 Å². The van der Waals surface area contributed by atoms with Crippen LogP contribution in [0.1, 0.15) is 0 Å². The van der Waals surface area contributed by atoms with Crippen LogP contribution in [0.2, 0.25) is 0 Å². The van der Waals surface area contributed by atoms with Crippen molar-refractivity contribution in [3.63, 3.8) is 0 Å². The zero-order chi connectivity index (χ0) is 8.81. The van der Waals surface area contributed by atoms with E-state index >= 15 is 0 Å². The first-order valence-corrected chi connectivity index (χ1v) is 3.45. The maximum Gasteiger partial charge on any atom is 0.359 e. The number of hydrogen-bond donors (Lipinski definition) is 0. The first kappa shape index (κ1) is 8.22. The van der Waals surface area contributed by atoms with Gasteiger partial charge in [-0.05, 0) is 12.1 Å². The lowest BCUT2D eigenvalue weighted by Crippen LogP contribution is -1.67. The van der Waals surface area contributed by atoms with E-state index in [1.54, 1.807) is 6.26 Å². The van der Waals surface area contributed by atoms with Crippen LogP contribution >= 0.6 is 0 Å². The molecule has 0 saturated heterocycles. The molecule has 0 aliphatic carbocycles. The molecule has 0 bridgehead atoms. The molecule has 0 spiro atoms. The van der Waals surface area contributed by atoms with Crippen LogP contribution in [-0.4, -0.2) is 0 Å². The topological polar surface area (TPSA) is 35.1 Å². The van der Waals surface area contributed by atoms with Gasteiger partial charge >= 0.3 is 11.8 Å². The van der Waals surface area contributed by atoms with E-state index in [-0.39, 0.29) is 0 Å². The Bertz CT molecular complexity index is 316. The lowest BCUT2D eigenvalue weighted by molar-refractivity contribution is 0.604. The predicted octanol–water partition coefficient (Wildman–Crippen LogP) is 2.81. The summed E-state index contributed by atoms with van der Waals surface area (Å²) >= 11 is 0. The standard InChI is InChI=1S/C9H7O.CN/c1-2-6-9-8(4-1)5-3-7-10-9;1-2/h1-7H;/q+1;-1. The number of nitrogens with zero attached hydrogens (tertiary/aromatic N) is 1.